The highest BCUT2D eigenvalue weighted by Gasteiger charge is 2.46. The fourth-order valence-corrected chi connectivity index (χ4v) is 4.44. The Balaban J connectivity index is 1.84. The summed E-state index contributed by atoms with van der Waals surface area (Å²) in [6.45, 7) is 9.44. The van der Waals surface area contributed by atoms with Crippen molar-refractivity contribution in [2.75, 3.05) is 6.54 Å². The average molecular weight is 357 g/mol. The summed E-state index contributed by atoms with van der Waals surface area (Å²) in [6.07, 6.45) is 2.31. The first-order chi connectivity index (χ1) is 12.4. The molecule has 4 unspecified atom stereocenters. The molecule has 4 nitrogen and oxygen atoms in total. The quantitative estimate of drug-likeness (QED) is 0.876. The second kappa shape index (κ2) is 7.93. The molecule has 1 saturated carbocycles. The van der Waals surface area contributed by atoms with Crippen LogP contribution in [-0.2, 0) is 9.53 Å². The van der Waals surface area contributed by atoms with Crippen LogP contribution in [0.4, 0.5) is 0 Å². The number of aliphatic hydroxyl groups is 1. The van der Waals surface area contributed by atoms with E-state index in [1.165, 1.54) is 0 Å². The minimum Gasteiger partial charge on any atom is -0.496 e. The van der Waals surface area contributed by atoms with E-state index in [1.54, 1.807) is 6.26 Å². The minimum absolute atomic E-state index is 0.0453. The van der Waals surface area contributed by atoms with Crippen LogP contribution in [0, 0.1) is 11.8 Å². The minimum atomic E-state index is -0.421. The highest BCUT2D eigenvalue weighted by Crippen LogP contribution is 2.40. The molecule has 1 aliphatic heterocycles. The van der Waals surface area contributed by atoms with Crippen LogP contribution in [0.1, 0.15) is 46.1 Å². The van der Waals surface area contributed by atoms with Crippen molar-refractivity contribution in [1.29, 1.82) is 0 Å². The summed E-state index contributed by atoms with van der Waals surface area (Å²) in [5.74, 6) is -0.0501. The molecule has 0 radical (unpaired) electrons. The first kappa shape index (κ1) is 19.1. The van der Waals surface area contributed by atoms with Crippen molar-refractivity contribution in [2.45, 2.75) is 64.8 Å². The Hall–Kier alpha value is -1.65. The number of hydrogen-bond donors (Lipinski definition) is 1. The number of allylic oxidation sites excluding steroid dienone is 1. The van der Waals surface area contributed by atoms with Gasteiger partial charge in [-0.25, -0.2) is 0 Å². The van der Waals surface area contributed by atoms with E-state index in [-0.39, 0.29) is 23.7 Å². The van der Waals surface area contributed by atoms with Gasteiger partial charge in [0.2, 0.25) is 0 Å². The van der Waals surface area contributed by atoms with Crippen molar-refractivity contribution in [3.05, 3.63) is 42.2 Å². The normalized spacial score (nSPS) is 28.9. The van der Waals surface area contributed by atoms with Crippen molar-refractivity contribution < 1.29 is 14.6 Å². The molecule has 26 heavy (non-hydrogen) atoms. The van der Waals surface area contributed by atoms with E-state index in [4.69, 9.17) is 4.74 Å². The summed E-state index contributed by atoms with van der Waals surface area (Å²) >= 11 is 0. The molecule has 4 heteroatoms. The second-order valence-electron chi connectivity index (χ2n) is 8.16. The van der Waals surface area contributed by atoms with E-state index < -0.39 is 6.10 Å². The lowest BCUT2D eigenvalue weighted by Gasteiger charge is -2.45. The predicted octanol–water partition coefficient (Wildman–Crippen LogP) is 3.50. The number of rotatable bonds is 5. The number of Topliss-reactive ketones (excluding diaryl/α,β-unsaturated/α-hetero) is 1. The van der Waals surface area contributed by atoms with Gasteiger partial charge in [0.05, 0.1) is 23.9 Å². The van der Waals surface area contributed by atoms with Gasteiger partial charge in [-0.3, -0.25) is 9.69 Å². The molecule has 0 amide bonds. The number of hydrogen-bond acceptors (Lipinski definition) is 4. The molecule has 2 aliphatic rings. The Morgan fingerprint density at radius 3 is 2.38 bits per heavy atom. The first-order valence-electron chi connectivity index (χ1n) is 9.79. The van der Waals surface area contributed by atoms with Gasteiger partial charge >= 0.3 is 0 Å². The third-order valence-corrected chi connectivity index (χ3v) is 5.86. The third-order valence-electron chi connectivity index (χ3n) is 5.86. The Morgan fingerprint density at radius 1 is 1.12 bits per heavy atom. The molecule has 1 aromatic rings. The second-order valence-corrected chi connectivity index (χ2v) is 8.16. The molecule has 0 saturated heterocycles. The number of nitrogens with zero attached hydrogens (tertiary/aromatic N) is 1. The molecule has 1 fully saturated rings. The lowest BCUT2D eigenvalue weighted by Crippen LogP contribution is -2.53. The summed E-state index contributed by atoms with van der Waals surface area (Å²) < 4.78 is 6.09. The number of ether oxygens (including phenoxy) is 1. The standard InChI is InChI=1S/C22H31NO3/c1-14(2)23(15(3)4)12-18-20(24)11-10-17-21(25)19(13-26-22(17)18)16-8-6-5-7-9-16/h5-9,13-15,17-18,20,22,24H,10-12H2,1-4H3. The van der Waals surface area contributed by atoms with Gasteiger partial charge in [-0.2, -0.15) is 0 Å². The topological polar surface area (TPSA) is 49.8 Å². The highest BCUT2D eigenvalue weighted by molar-refractivity contribution is 6.22. The molecule has 1 N–H and O–H groups in total. The molecule has 142 valence electrons. The number of carbonyl (C=O) groups is 1. The van der Waals surface area contributed by atoms with Crippen LogP contribution >= 0.6 is 0 Å². The maximum atomic E-state index is 13.1. The molecule has 3 rings (SSSR count). The maximum absolute atomic E-state index is 13.1. The van der Waals surface area contributed by atoms with E-state index in [0.717, 1.165) is 12.1 Å². The van der Waals surface area contributed by atoms with Crippen molar-refractivity contribution in [2.24, 2.45) is 11.8 Å². The summed E-state index contributed by atoms with van der Waals surface area (Å²) in [5.41, 5.74) is 1.57. The van der Waals surface area contributed by atoms with E-state index in [9.17, 15) is 9.90 Å². The van der Waals surface area contributed by atoms with Crippen LogP contribution in [0.15, 0.2) is 36.6 Å². The largest absolute Gasteiger partial charge is 0.496 e. The zero-order valence-corrected chi connectivity index (χ0v) is 16.3. The van der Waals surface area contributed by atoms with Crippen molar-refractivity contribution in [3.8, 4) is 0 Å². The van der Waals surface area contributed by atoms with Crippen LogP contribution in [0.5, 0.6) is 0 Å². The number of ketones is 1. The Morgan fingerprint density at radius 2 is 1.77 bits per heavy atom. The Kier molecular flexibility index (Phi) is 5.83. The summed E-state index contributed by atoms with van der Waals surface area (Å²) in [4.78, 5) is 15.5. The maximum Gasteiger partial charge on any atom is 0.173 e. The molecule has 0 spiro atoms. The number of benzene rings is 1. The van der Waals surface area contributed by atoms with Crippen molar-refractivity contribution in [1.82, 2.24) is 4.90 Å². The smallest absolute Gasteiger partial charge is 0.173 e. The molecule has 4 atom stereocenters. The fraction of sp³-hybridized carbons (Fsp3) is 0.591. The monoisotopic (exact) mass is 357 g/mol. The molecule has 1 heterocycles. The van der Waals surface area contributed by atoms with E-state index in [0.29, 0.717) is 30.5 Å². The predicted molar refractivity (Wildman–Crippen MR) is 103 cm³/mol. The van der Waals surface area contributed by atoms with Gasteiger partial charge in [0.25, 0.3) is 0 Å². The van der Waals surface area contributed by atoms with Crippen LogP contribution in [0.3, 0.4) is 0 Å². The summed E-state index contributed by atoms with van der Waals surface area (Å²) in [6, 6.07) is 10.5. The van der Waals surface area contributed by atoms with Crippen LogP contribution in [0.25, 0.3) is 5.57 Å². The zero-order valence-electron chi connectivity index (χ0n) is 16.3. The van der Waals surface area contributed by atoms with E-state index in [2.05, 4.69) is 32.6 Å². The van der Waals surface area contributed by atoms with Crippen LogP contribution in [-0.4, -0.2) is 46.6 Å². The van der Waals surface area contributed by atoms with Gasteiger partial charge in [-0.15, -0.1) is 0 Å². The Bertz CT molecular complexity index is 645. The van der Waals surface area contributed by atoms with Gasteiger partial charge in [-0.05, 0) is 46.1 Å². The van der Waals surface area contributed by atoms with Gasteiger partial charge in [-0.1, -0.05) is 30.3 Å². The molecular formula is C22H31NO3. The Labute approximate surface area is 156 Å². The molecule has 0 bridgehead atoms. The first-order valence-corrected chi connectivity index (χ1v) is 9.79. The van der Waals surface area contributed by atoms with Gasteiger partial charge in [0.1, 0.15) is 6.10 Å². The van der Waals surface area contributed by atoms with E-state index >= 15 is 0 Å². The molecule has 1 aromatic carbocycles. The fourth-order valence-electron chi connectivity index (χ4n) is 4.44. The molecule has 0 aromatic heterocycles. The third kappa shape index (κ3) is 3.72. The molecule has 1 aliphatic carbocycles. The van der Waals surface area contributed by atoms with Gasteiger partial charge < -0.3 is 9.84 Å². The molecular weight excluding hydrogens is 326 g/mol. The number of carbonyl (C=O) groups excluding carboxylic acids is 1. The van der Waals surface area contributed by atoms with Gasteiger partial charge in [0.15, 0.2) is 5.78 Å². The zero-order chi connectivity index (χ0) is 18.8. The highest BCUT2D eigenvalue weighted by atomic mass is 16.5. The van der Waals surface area contributed by atoms with Crippen molar-refractivity contribution >= 4 is 11.4 Å². The summed E-state index contributed by atoms with van der Waals surface area (Å²) in [5, 5.41) is 10.7. The SMILES string of the molecule is CC(C)N(CC1C(O)CCC2C(=O)C(c3ccccc3)=COC21)C(C)C. The van der Waals surface area contributed by atoms with Crippen LogP contribution in [0.2, 0.25) is 0 Å². The van der Waals surface area contributed by atoms with Crippen LogP contribution < -0.4 is 0 Å². The number of fused-ring (bicyclic) bond motifs is 1. The summed E-state index contributed by atoms with van der Waals surface area (Å²) in [7, 11) is 0. The van der Waals surface area contributed by atoms with E-state index in [1.807, 2.05) is 30.3 Å². The van der Waals surface area contributed by atoms with Crippen molar-refractivity contribution in [3.63, 3.8) is 0 Å². The number of aliphatic hydroxyl groups excluding tert-OH is 1. The average Bonchev–Trinajstić information content (AvgIpc) is 2.61. The lowest BCUT2D eigenvalue weighted by atomic mass is 9.72. The lowest BCUT2D eigenvalue weighted by molar-refractivity contribution is -0.134. The van der Waals surface area contributed by atoms with Gasteiger partial charge in [0, 0.05) is 24.5 Å².